The molecule has 1 aromatic rings. The molecule has 2 fully saturated rings. The summed E-state index contributed by atoms with van der Waals surface area (Å²) in [6.07, 6.45) is 0.662. The maximum Gasteiger partial charge on any atom is 0.494 e. The van der Waals surface area contributed by atoms with Crippen molar-refractivity contribution in [1.29, 1.82) is 0 Å². The number of carbonyl (C=O) groups excluding carboxylic acids is 1. The summed E-state index contributed by atoms with van der Waals surface area (Å²) in [5.41, 5.74) is 1.67. The molecule has 0 saturated carbocycles. The van der Waals surface area contributed by atoms with Gasteiger partial charge in [0.2, 0.25) is 5.91 Å². The number of likely N-dealkylation sites (tertiary alicyclic amines) is 1. The van der Waals surface area contributed by atoms with Crippen LogP contribution in [0.1, 0.15) is 60.5 Å². The SMILES string of the molecule is CC(C)(C)C1CC(=O)N(Cc2ccc(B3OC(C)(C)C(C)(C)O3)cc2)C1. The normalized spacial score (nSPS) is 25.2. The van der Waals surface area contributed by atoms with Crippen LogP contribution in [0.4, 0.5) is 0 Å². The lowest BCUT2D eigenvalue weighted by Crippen LogP contribution is -2.41. The lowest BCUT2D eigenvalue weighted by molar-refractivity contribution is -0.128. The van der Waals surface area contributed by atoms with Gasteiger partial charge in [-0.1, -0.05) is 45.0 Å². The Hall–Kier alpha value is -1.33. The minimum absolute atomic E-state index is 0.172. The van der Waals surface area contributed by atoms with Crippen LogP contribution in [0.25, 0.3) is 0 Å². The van der Waals surface area contributed by atoms with E-state index in [0.29, 0.717) is 18.9 Å². The molecule has 2 aliphatic heterocycles. The van der Waals surface area contributed by atoms with E-state index in [9.17, 15) is 4.79 Å². The Bertz CT molecular complexity index is 659. The zero-order valence-electron chi connectivity index (χ0n) is 17.3. The Labute approximate surface area is 158 Å². The predicted molar refractivity (Wildman–Crippen MR) is 105 cm³/mol. The molecule has 1 amide bonds. The molecule has 0 aliphatic carbocycles. The Balaban J connectivity index is 1.65. The second kappa shape index (κ2) is 6.38. The minimum Gasteiger partial charge on any atom is -0.399 e. The van der Waals surface area contributed by atoms with E-state index in [-0.39, 0.29) is 29.6 Å². The van der Waals surface area contributed by atoms with Gasteiger partial charge < -0.3 is 14.2 Å². The lowest BCUT2D eigenvalue weighted by Gasteiger charge is -2.32. The van der Waals surface area contributed by atoms with E-state index >= 15 is 0 Å². The standard InChI is InChI=1S/C21H32BNO3/c1-19(2,3)16-12-18(24)23(14-16)13-15-8-10-17(11-9-15)22-25-20(4,5)21(6,7)26-22/h8-11,16H,12-14H2,1-7H3. The lowest BCUT2D eigenvalue weighted by atomic mass is 9.79. The molecule has 3 rings (SSSR count). The summed E-state index contributed by atoms with van der Waals surface area (Å²) in [4.78, 5) is 14.3. The van der Waals surface area contributed by atoms with Gasteiger partial charge in [0.05, 0.1) is 11.2 Å². The summed E-state index contributed by atoms with van der Waals surface area (Å²) in [6, 6.07) is 8.27. The molecule has 26 heavy (non-hydrogen) atoms. The summed E-state index contributed by atoms with van der Waals surface area (Å²) in [5, 5.41) is 0. The van der Waals surface area contributed by atoms with Crippen LogP contribution in [-0.2, 0) is 20.6 Å². The van der Waals surface area contributed by atoms with Gasteiger partial charge in [0.25, 0.3) is 0 Å². The highest BCUT2D eigenvalue weighted by Gasteiger charge is 2.51. The van der Waals surface area contributed by atoms with Gasteiger partial charge in [-0.15, -0.1) is 0 Å². The van der Waals surface area contributed by atoms with Crippen molar-refractivity contribution in [1.82, 2.24) is 4.90 Å². The third-order valence-corrected chi connectivity index (χ3v) is 6.32. The smallest absolute Gasteiger partial charge is 0.399 e. The number of nitrogens with zero attached hydrogens (tertiary/aromatic N) is 1. The molecular weight excluding hydrogens is 325 g/mol. The van der Waals surface area contributed by atoms with Crippen LogP contribution < -0.4 is 5.46 Å². The van der Waals surface area contributed by atoms with E-state index in [4.69, 9.17) is 9.31 Å². The quantitative estimate of drug-likeness (QED) is 0.779. The molecule has 0 radical (unpaired) electrons. The Morgan fingerprint density at radius 1 is 1.08 bits per heavy atom. The topological polar surface area (TPSA) is 38.8 Å². The van der Waals surface area contributed by atoms with E-state index in [1.807, 2.05) is 4.90 Å². The zero-order valence-corrected chi connectivity index (χ0v) is 17.3. The van der Waals surface area contributed by atoms with Gasteiger partial charge in [-0.2, -0.15) is 0 Å². The van der Waals surface area contributed by atoms with Crippen LogP contribution in [0.5, 0.6) is 0 Å². The van der Waals surface area contributed by atoms with Gasteiger partial charge in [0.15, 0.2) is 0 Å². The largest absolute Gasteiger partial charge is 0.494 e. The summed E-state index contributed by atoms with van der Waals surface area (Å²) >= 11 is 0. The average Bonchev–Trinajstić information content (AvgIpc) is 2.97. The molecule has 5 heteroatoms. The van der Waals surface area contributed by atoms with Crippen LogP contribution in [-0.4, -0.2) is 35.7 Å². The number of carbonyl (C=O) groups is 1. The van der Waals surface area contributed by atoms with Crippen LogP contribution in [0.3, 0.4) is 0 Å². The van der Waals surface area contributed by atoms with Crippen molar-refractivity contribution in [2.45, 2.75) is 72.6 Å². The summed E-state index contributed by atoms with van der Waals surface area (Å²) in [6.45, 7) is 16.4. The molecule has 2 saturated heterocycles. The van der Waals surface area contributed by atoms with Gasteiger partial charge >= 0.3 is 7.12 Å². The first-order chi connectivity index (χ1) is 11.9. The molecule has 142 valence electrons. The van der Waals surface area contributed by atoms with Crippen molar-refractivity contribution in [2.24, 2.45) is 11.3 Å². The molecule has 1 unspecified atom stereocenters. The maximum absolute atomic E-state index is 12.3. The fourth-order valence-electron chi connectivity index (χ4n) is 3.48. The van der Waals surface area contributed by atoms with Crippen molar-refractivity contribution in [3.05, 3.63) is 29.8 Å². The third kappa shape index (κ3) is 3.70. The molecule has 1 atom stereocenters. The first kappa shape index (κ1) is 19.4. The molecular formula is C21H32BNO3. The molecule has 4 nitrogen and oxygen atoms in total. The highest BCUT2D eigenvalue weighted by molar-refractivity contribution is 6.62. The Morgan fingerprint density at radius 3 is 2.08 bits per heavy atom. The zero-order chi connectivity index (χ0) is 19.3. The number of amides is 1. The summed E-state index contributed by atoms with van der Waals surface area (Å²) < 4.78 is 12.2. The summed E-state index contributed by atoms with van der Waals surface area (Å²) in [5.74, 6) is 0.694. The van der Waals surface area contributed by atoms with Crippen LogP contribution in [0.15, 0.2) is 24.3 Å². The van der Waals surface area contributed by atoms with Crippen molar-refractivity contribution in [3.63, 3.8) is 0 Å². The second-order valence-electron chi connectivity index (χ2n) is 9.87. The van der Waals surface area contributed by atoms with Crippen molar-refractivity contribution in [2.75, 3.05) is 6.54 Å². The highest BCUT2D eigenvalue weighted by atomic mass is 16.7. The van der Waals surface area contributed by atoms with Gasteiger partial charge in [-0.05, 0) is 50.1 Å². The van der Waals surface area contributed by atoms with Crippen molar-refractivity contribution < 1.29 is 14.1 Å². The van der Waals surface area contributed by atoms with Crippen LogP contribution >= 0.6 is 0 Å². The third-order valence-electron chi connectivity index (χ3n) is 6.32. The van der Waals surface area contributed by atoms with E-state index in [0.717, 1.165) is 17.6 Å². The fraction of sp³-hybridized carbons (Fsp3) is 0.667. The van der Waals surface area contributed by atoms with E-state index in [1.165, 1.54) is 0 Å². The number of hydrogen-bond acceptors (Lipinski definition) is 3. The van der Waals surface area contributed by atoms with Crippen molar-refractivity contribution in [3.8, 4) is 0 Å². The molecule has 0 aromatic heterocycles. The molecule has 2 aliphatic rings. The molecule has 0 spiro atoms. The Kier molecular flexibility index (Phi) is 4.77. The number of hydrogen-bond donors (Lipinski definition) is 0. The van der Waals surface area contributed by atoms with E-state index < -0.39 is 0 Å². The van der Waals surface area contributed by atoms with E-state index in [1.54, 1.807) is 0 Å². The molecule has 0 bridgehead atoms. The average molecular weight is 357 g/mol. The van der Waals surface area contributed by atoms with Crippen LogP contribution in [0.2, 0.25) is 0 Å². The van der Waals surface area contributed by atoms with Gasteiger partial charge in [-0.25, -0.2) is 0 Å². The molecule has 1 aromatic carbocycles. The van der Waals surface area contributed by atoms with Crippen molar-refractivity contribution >= 4 is 18.5 Å². The minimum atomic E-state index is -0.340. The van der Waals surface area contributed by atoms with Crippen LogP contribution in [0, 0.1) is 11.3 Å². The molecule has 0 N–H and O–H groups in total. The van der Waals surface area contributed by atoms with E-state index in [2.05, 4.69) is 72.7 Å². The first-order valence-corrected chi connectivity index (χ1v) is 9.61. The number of rotatable bonds is 3. The second-order valence-corrected chi connectivity index (χ2v) is 9.87. The van der Waals surface area contributed by atoms with Gasteiger partial charge in [-0.3, -0.25) is 4.79 Å². The van der Waals surface area contributed by atoms with Gasteiger partial charge in [0, 0.05) is 19.5 Å². The highest BCUT2D eigenvalue weighted by Crippen LogP contribution is 2.37. The molecule has 2 heterocycles. The van der Waals surface area contributed by atoms with Gasteiger partial charge in [0.1, 0.15) is 0 Å². The number of benzene rings is 1. The predicted octanol–water partition coefficient (Wildman–Crippen LogP) is 3.38. The maximum atomic E-state index is 12.3. The Morgan fingerprint density at radius 2 is 1.62 bits per heavy atom. The summed E-state index contributed by atoms with van der Waals surface area (Å²) in [7, 11) is -0.340. The fourth-order valence-corrected chi connectivity index (χ4v) is 3.48. The first-order valence-electron chi connectivity index (χ1n) is 9.61. The monoisotopic (exact) mass is 357 g/mol.